The Morgan fingerprint density at radius 1 is 0.756 bits per heavy atom. The average molecular weight is 668 g/mol. The van der Waals surface area contributed by atoms with Gasteiger partial charge in [-0.1, -0.05) is 41.5 Å². The lowest BCUT2D eigenvalue weighted by Crippen LogP contribution is -2.47. The summed E-state index contributed by atoms with van der Waals surface area (Å²) in [7, 11) is -3.10. The maximum atomic E-state index is 13.1. The summed E-state index contributed by atoms with van der Waals surface area (Å²) in [6, 6.07) is 0. The van der Waals surface area contributed by atoms with Crippen molar-refractivity contribution in [2.75, 3.05) is 40.1 Å². The van der Waals surface area contributed by atoms with Gasteiger partial charge in [0, 0.05) is 13.7 Å². The van der Waals surface area contributed by atoms with Crippen LogP contribution in [0.5, 0.6) is 0 Å². The molecular formula is C32H62NO11P. The van der Waals surface area contributed by atoms with E-state index >= 15 is 0 Å². The predicted octanol–water partition coefficient (Wildman–Crippen LogP) is 5.84. The standard InChI is InChI=1S/C32H62NO11P/c1-27(2,3)20-29(7,8)25(35)40-18-23(44-26(36)30(9,10)21-28(4,5)6)19-43-45(37,38)42-17-16-33-24(34)32(13,14)41-22-31(11,12)39-15/h23H,16-22H2,1-15H3,(H,33,34)(H,37,38). The summed E-state index contributed by atoms with van der Waals surface area (Å²) < 4.78 is 45.0. The number of hydrogen-bond donors (Lipinski definition) is 2. The number of rotatable bonds is 19. The van der Waals surface area contributed by atoms with Crippen LogP contribution in [0.15, 0.2) is 0 Å². The normalized spacial score (nSPS) is 15.6. The Balaban J connectivity index is 5.35. The molecule has 1 amide bonds. The van der Waals surface area contributed by atoms with Gasteiger partial charge in [-0.05, 0) is 79.1 Å². The van der Waals surface area contributed by atoms with Crippen LogP contribution in [0.3, 0.4) is 0 Å². The highest BCUT2D eigenvalue weighted by atomic mass is 31.2. The van der Waals surface area contributed by atoms with E-state index in [1.807, 2.05) is 55.4 Å². The number of ether oxygens (including phenoxy) is 4. The fraction of sp³-hybridized carbons (Fsp3) is 0.906. The van der Waals surface area contributed by atoms with Gasteiger partial charge in [-0.3, -0.25) is 23.4 Å². The molecule has 0 aliphatic carbocycles. The molecule has 0 saturated heterocycles. The summed E-state index contributed by atoms with van der Waals surface area (Å²) in [5, 5.41) is 2.59. The van der Waals surface area contributed by atoms with Crippen molar-refractivity contribution in [3.63, 3.8) is 0 Å². The maximum absolute atomic E-state index is 13.1. The Morgan fingerprint density at radius 3 is 1.71 bits per heavy atom. The number of esters is 2. The van der Waals surface area contributed by atoms with Crippen molar-refractivity contribution >= 4 is 25.7 Å². The van der Waals surface area contributed by atoms with Crippen molar-refractivity contribution in [1.29, 1.82) is 0 Å². The molecular weight excluding hydrogens is 605 g/mol. The van der Waals surface area contributed by atoms with E-state index in [2.05, 4.69) is 5.32 Å². The summed E-state index contributed by atoms with van der Waals surface area (Å²) in [6.07, 6.45) is -0.128. The van der Waals surface area contributed by atoms with Crippen LogP contribution in [-0.2, 0) is 46.9 Å². The smallest absolute Gasteiger partial charge is 0.461 e. The Labute approximate surface area is 271 Å². The minimum absolute atomic E-state index is 0.104. The Kier molecular flexibility index (Phi) is 15.9. The first kappa shape index (κ1) is 43.4. The molecule has 0 aliphatic heterocycles. The molecule has 2 atom stereocenters. The zero-order valence-corrected chi connectivity index (χ0v) is 31.4. The van der Waals surface area contributed by atoms with Crippen molar-refractivity contribution in [3.8, 4) is 0 Å². The molecule has 0 aromatic rings. The summed E-state index contributed by atoms with van der Waals surface area (Å²) in [6.45, 7) is 24.7. The van der Waals surface area contributed by atoms with E-state index in [0.29, 0.717) is 12.8 Å². The minimum atomic E-state index is -4.64. The van der Waals surface area contributed by atoms with E-state index < -0.39 is 60.4 Å². The molecule has 2 unspecified atom stereocenters. The van der Waals surface area contributed by atoms with Crippen LogP contribution in [0.25, 0.3) is 0 Å². The second-order valence-corrected chi connectivity index (χ2v) is 17.9. The van der Waals surface area contributed by atoms with E-state index in [9.17, 15) is 23.8 Å². The lowest BCUT2D eigenvalue weighted by Gasteiger charge is -2.33. The van der Waals surface area contributed by atoms with Gasteiger partial charge < -0.3 is 29.2 Å². The molecule has 0 aromatic heterocycles. The molecule has 0 radical (unpaired) electrons. The molecule has 0 fully saturated rings. The van der Waals surface area contributed by atoms with Gasteiger partial charge in [0.15, 0.2) is 6.10 Å². The molecule has 0 bridgehead atoms. The monoisotopic (exact) mass is 667 g/mol. The summed E-state index contributed by atoms with van der Waals surface area (Å²) in [5.74, 6) is -1.51. The first-order chi connectivity index (χ1) is 19.9. The second kappa shape index (κ2) is 16.5. The van der Waals surface area contributed by atoms with Gasteiger partial charge >= 0.3 is 19.8 Å². The molecule has 0 aliphatic rings. The van der Waals surface area contributed by atoms with Crippen LogP contribution in [-0.4, -0.2) is 80.1 Å². The summed E-state index contributed by atoms with van der Waals surface area (Å²) in [5.41, 5.74) is -3.80. The molecule has 0 heterocycles. The van der Waals surface area contributed by atoms with Gasteiger partial charge in [-0.15, -0.1) is 0 Å². The number of phosphoric acid groups is 1. The van der Waals surface area contributed by atoms with Gasteiger partial charge in [0.25, 0.3) is 5.91 Å². The second-order valence-electron chi connectivity index (χ2n) is 16.5. The molecule has 0 rings (SSSR count). The third kappa shape index (κ3) is 18.4. The number of carbonyl (C=O) groups is 3. The van der Waals surface area contributed by atoms with Gasteiger partial charge in [-0.2, -0.15) is 0 Å². The molecule has 45 heavy (non-hydrogen) atoms. The lowest BCUT2D eigenvalue weighted by atomic mass is 9.76. The molecule has 13 heteroatoms. The molecule has 2 N–H and O–H groups in total. The van der Waals surface area contributed by atoms with Crippen LogP contribution in [0.1, 0.15) is 110 Å². The fourth-order valence-electron chi connectivity index (χ4n) is 4.82. The first-order valence-electron chi connectivity index (χ1n) is 15.4. The molecule has 12 nitrogen and oxygen atoms in total. The van der Waals surface area contributed by atoms with E-state index in [1.54, 1.807) is 48.7 Å². The third-order valence-electron chi connectivity index (χ3n) is 6.67. The number of carbonyl (C=O) groups excluding carboxylic acids is 3. The zero-order chi connectivity index (χ0) is 35.7. The lowest BCUT2D eigenvalue weighted by molar-refractivity contribution is -0.173. The minimum Gasteiger partial charge on any atom is -0.461 e. The van der Waals surface area contributed by atoms with Gasteiger partial charge in [0.05, 0.1) is 36.3 Å². The van der Waals surface area contributed by atoms with Crippen molar-refractivity contribution in [1.82, 2.24) is 5.32 Å². The largest absolute Gasteiger partial charge is 0.472 e. The molecule has 0 spiro atoms. The van der Waals surface area contributed by atoms with Crippen LogP contribution in [0.4, 0.5) is 0 Å². The highest BCUT2D eigenvalue weighted by molar-refractivity contribution is 7.47. The van der Waals surface area contributed by atoms with Crippen LogP contribution < -0.4 is 5.32 Å². The molecule has 0 saturated carbocycles. The quantitative estimate of drug-likeness (QED) is 0.0970. The molecule has 266 valence electrons. The number of amides is 1. The predicted molar refractivity (Wildman–Crippen MR) is 172 cm³/mol. The summed E-state index contributed by atoms with van der Waals surface area (Å²) in [4.78, 5) is 48.9. The number of methoxy groups -OCH3 is 1. The van der Waals surface area contributed by atoms with Crippen molar-refractivity contribution in [3.05, 3.63) is 0 Å². The first-order valence-corrected chi connectivity index (χ1v) is 16.9. The fourth-order valence-corrected chi connectivity index (χ4v) is 5.57. The van der Waals surface area contributed by atoms with E-state index in [0.717, 1.165) is 0 Å². The molecule has 0 aromatic carbocycles. The average Bonchev–Trinajstić information content (AvgIpc) is 2.83. The van der Waals surface area contributed by atoms with E-state index in [1.165, 1.54) is 0 Å². The zero-order valence-electron chi connectivity index (χ0n) is 30.5. The third-order valence-corrected chi connectivity index (χ3v) is 7.65. The van der Waals surface area contributed by atoms with Gasteiger partial charge in [0.2, 0.25) is 0 Å². The number of nitrogens with one attached hydrogen (secondary N) is 1. The number of phosphoric ester groups is 1. The highest BCUT2D eigenvalue weighted by Crippen LogP contribution is 2.43. The van der Waals surface area contributed by atoms with Crippen LogP contribution >= 0.6 is 7.82 Å². The number of hydrogen-bond acceptors (Lipinski definition) is 10. The van der Waals surface area contributed by atoms with E-state index in [-0.39, 0.29) is 37.2 Å². The van der Waals surface area contributed by atoms with E-state index in [4.69, 9.17) is 28.0 Å². The maximum Gasteiger partial charge on any atom is 0.472 e. The van der Waals surface area contributed by atoms with Gasteiger partial charge in [0.1, 0.15) is 12.2 Å². The van der Waals surface area contributed by atoms with Crippen LogP contribution in [0, 0.1) is 21.7 Å². The highest BCUT2D eigenvalue weighted by Gasteiger charge is 2.38. The van der Waals surface area contributed by atoms with Crippen molar-refractivity contribution < 1.29 is 51.8 Å². The van der Waals surface area contributed by atoms with Crippen LogP contribution in [0.2, 0.25) is 0 Å². The van der Waals surface area contributed by atoms with Gasteiger partial charge in [-0.25, -0.2) is 4.57 Å². The SMILES string of the molecule is COC(C)(C)COC(C)(C)C(=O)NCCOP(=O)(O)OCC(COC(=O)C(C)(C)CC(C)(C)C)OC(=O)C(C)(C)CC(C)(C)C. The Bertz CT molecular complexity index is 1020. The Morgan fingerprint density at radius 2 is 1.24 bits per heavy atom. The Hall–Kier alpha value is -1.56. The van der Waals surface area contributed by atoms with Crippen molar-refractivity contribution in [2.45, 2.75) is 127 Å². The summed E-state index contributed by atoms with van der Waals surface area (Å²) >= 11 is 0. The topological polar surface area (TPSA) is 156 Å². The van der Waals surface area contributed by atoms with Crippen molar-refractivity contribution in [2.24, 2.45) is 21.7 Å².